The van der Waals surface area contributed by atoms with Gasteiger partial charge in [-0.15, -0.1) is 0 Å². The molecule has 1 saturated heterocycles. The van der Waals surface area contributed by atoms with Gasteiger partial charge in [-0.2, -0.15) is 0 Å². The van der Waals surface area contributed by atoms with E-state index in [1.807, 2.05) is 0 Å². The maximum atomic E-state index is 10.7. The van der Waals surface area contributed by atoms with Gasteiger partial charge in [-0.25, -0.2) is 0 Å². The van der Waals surface area contributed by atoms with Crippen LogP contribution in [-0.2, 0) is 0 Å². The van der Waals surface area contributed by atoms with Gasteiger partial charge in [0.15, 0.2) is 0 Å². The highest BCUT2D eigenvalue weighted by molar-refractivity contribution is 8.14. The standard InChI is InChI=1S/C7H11NOS/c1-3-5(2)6-4-10-7(9)8-6/h3-4H2,1-2H3,(H,8,9)/b6-5+. The van der Waals surface area contributed by atoms with E-state index in [1.54, 1.807) is 0 Å². The molecule has 1 N–H and O–H groups in total. The van der Waals surface area contributed by atoms with Crippen LogP contribution in [0.15, 0.2) is 11.3 Å². The molecule has 1 fully saturated rings. The number of hydrogen-bond donors (Lipinski definition) is 1. The molecular weight excluding hydrogens is 146 g/mol. The summed E-state index contributed by atoms with van der Waals surface area (Å²) in [6.07, 6.45) is 1.02. The lowest BCUT2D eigenvalue weighted by atomic mass is 10.2. The molecule has 56 valence electrons. The number of carbonyl (C=O) groups excluding carboxylic acids is 1. The first-order valence-electron chi connectivity index (χ1n) is 3.36. The van der Waals surface area contributed by atoms with Gasteiger partial charge in [0.25, 0.3) is 5.24 Å². The molecule has 1 amide bonds. The van der Waals surface area contributed by atoms with Crippen LogP contribution in [0, 0.1) is 0 Å². The molecule has 0 saturated carbocycles. The maximum Gasteiger partial charge on any atom is 0.283 e. The summed E-state index contributed by atoms with van der Waals surface area (Å²) in [4.78, 5) is 10.7. The molecule has 0 unspecified atom stereocenters. The Labute approximate surface area is 65.1 Å². The van der Waals surface area contributed by atoms with Crippen LogP contribution in [0.5, 0.6) is 0 Å². The Morgan fingerprint density at radius 3 is 2.90 bits per heavy atom. The molecule has 1 aliphatic rings. The minimum atomic E-state index is 0.0859. The lowest BCUT2D eigenvalue weighted by Crippen LogP contribution is -2.10. The third-order valence-corrected chi connectivity index (χ3v) is 2.44. The topological polar surface area (TPSA) is 29.1 Å². The minimum Gasteiger partial charge on any atom is -0.320 e. The maximum absolute atomic E-state index is 10.7. The third kappa shape index (κ3) is 1.53. The molecule has 0 aromatic rings. The van der Waals surface area contributed by atoms with Gasteiger partial charge in [0.1, 0.15) is 0 Å². The molecule has 10 heavy (non-hydrogen) atoms. The fourth-order valence-corrected chi connectivity index (χ4v) is 1.57. The van der Waals surface area contributed by atoms with Crippen LogP contribution in [-0.4, -0.2) is 11.0 Å². The van der Waals surface area contributed by atoms with Gasteiger partial charge >= 0.3 is 0 Å². The fraction of sp³-hybridized carbons (Fsp3) is 0.571. The van der Waals surface area contributed by atoms with E-state index >= 15 is 0 Å². The van der Waals surface area contributed by atoms with Crippen molar-refractivity contribution in [1.29, 1.82) is 0 Å². The minimum absolute atomic E-state index is 0.0859. The lowest BCUT2D eigenvalue weighted by molar-refractivity contribution is 0.263. The van der Waals surface area contributed by atoms with Gasteiger partial charge < -0.3 is 5.32 Å². The predicted octanol–water partition coefficient (Wildman–Crippen LogP) is 2.13. The average Bonchev–Trinajstić information content (AvgIpc) is 2.34. The summed E-state index contributed by atoms with van der Waals surface area (Å²) in [6, 6.07) is 0. The van der Waals surface area contributed by atoms with E-state index in [4.69, 9.17) is 0 Å². The Morgan fingerprint density at radius 1 is 1.80 bits per heavy atom. The number of hydrogen-bond acceptors (Lipinski definition) is 2. The number of thioether (sulfide) groups is 1. The Morgan fingerprint density at radius 2 is 2.50 bits per heavy atom. The zero-order valence-corrected chi connectivity index (χ0v) is 7.05. The van der Waals surface area contributed by atoms with Crippen LogP contribution < -0.4 is 5.32 Å². The Kier molecular flexibility index (Phi) is 2.38. The normalized spacial score (nSPS) is 22.8. The highest BCUT2D eigenvalue weighted by atomic mass is 32.2. The molecule has 2 nitrogen and oxygen atoms in total. The first-order chi connectivity index (χ1) is 4.74. The summed E-state index contributed by atoms with van der Waals surface area (Å²) in [7, 11) is 0. The summed E-state index contributed by atoms with van der Waals surface area (Å²) in [5, 5.41) is 2.89. The van der Waals surface area contributed by atoms with Crippen LogP contribution in [0.4, 0.5) is 4.79 Å². The first-order valence-corrected chi connectivity index (χ1v) is 4.35. The van der Waals surface area contributed by atoms with Crippen LogP contribution in [0.25, 0.3) is 0 Å². The number of carbonyl (C=O) groups is 1. The van der Waals surface area contributed by atoms with Crippen molar-refractivity contribution in [3.63, 3.8) is 0 Å². The third-order valence-electron chi connectivity index (χ3n) is 1.65. The number of nitrogens with one attached hydrogen (secondary N) is 1. The highest BCUT2D eigenvalue weighted by Gasteiger charge is 2.15. The van der Waals surface area contributed by atoms with Gasteiger partial charge in [0.05, 0.1) is 0 Å². The fourth-order valence-electron chi connectivity index (χ4n) is 0.776. The quantitative estimate of drug-likeness (QED) is 0.631. The van der Waals surface area contributed by atoms with Crippen molar-refractivity contribution in [1.82, 2.24) is 5.32 Å². The van der Waals surface area contributed by atoms with Crippen molar-refractivity contribution in [3.8, 4) is 0 Å². The van der Waals surface area contributed by atoms with E-state index in [1.165, 1.54) is 17.3 Å². The SMILES string of the molecule is CC/C(C)=C1\CSC(=O)N1. The smallest absolute Gasteiger partial charge is 0.283 e. The van der Waals surface area contributed by atoms with Crippen molar-refractivity contribution in [2.75, 3.05) is 5.75 Å². The van der Waals surface area contributed by atoms with Gasteiger partial charge in [-0.05, 0) is 13.3 Å². The Balaban J connectivity index is 2.66. The Bertz CT molecular complexity index is 186. The first kappa shape index (κ1) is 7.66. The Hall–Kier alpha value is -0.440. The second-order valence-corrected chi connectivity index (χ2v) is 3.26. The van der Waals surface area contributed by atoms with Gasteiger partial charge in [0, 0.05) is 11.4 Å². The van der Waals surface area contributed by atoms with Gasteiger partial charge in [-0.1, -0.05) is 24.3 Å². The van der Waals surface area contributed by atoms with Gasteiger partial charge in [0.2, 0.25) is 0 Å². The summed E-state index contributed by atoms with van der Waals surface area (Å²) < 4.78 is 0. The van der Waals surface area contributed by atoms with Crippen molar-refractivity contribution in [2.24, 2.45) is 0 Å². The van der Waals surface area contributed by atoms with E-state index in [9.17, 15) is 4.79 Å². The molecule has 0 bridgehead atoms. The monoisotopic (exact) mass is 157 g/mol. The van der Waals surface area contributed by atoms with Crippen molar-refractivity contribution in [3.05, 3.63) is 11.3 Å². The second kappa shape index (κ2) is 3.10. The van der Waals surface area contributed by atoms with Crippen LogP contribution in [0.1, 0.15) is 20.3 Å². The van der Waals surface area contributed by atoms with E-state index in [0.717, 1.165) is 17.9 Å². The predicted molar refractivity (Wildman–Crippen MR) is 44.0 cm³/mol. The molecule has 3 heteroatoms. The molecule has 0 aromatic carbocycles. The molecule has 0 aromatic heterocycles. The van der Waals surface area contributed by atoms with Crippen LogP contribution in [0.2, 0.25) is 0 Å². The second-order valence-electron chi connectivity index (χ2n) is 2.31. The highest BCUT2D eigenvalue weighted by Crippen LogP contribution is 2.19. The van der Waals surface area contributed by atoms with Gasteiger partial charge in [-0.3, -0.25) is 4.79 Å². The average molecular weight is 157 g/mol. The molecule has 1 rings (SSSR count). The molecular formula is C7H11NOS. The largest absolute Gasteiger partial charge is 0.320 e. The summed E-state index contributed by atoms with van der Waals surface area (Å²) >= 11 is 1.34. The number of rotatable bonds is 1. The van der Waals surface area contributed by atoms with Crippen molar-refractivity contribution >= 4 is 17.0 Å². The summed E-state index contributed by atoms with van der Waals surface area (Å²) in [5.74, 6) is 0.832. The summed E-state index contributed by atoms with van der Waals surface area (Å²) in [5.41, 5.74) is 2.40. The van der Waals surface area contributed by atoms with Crippen molar-refractivity contribution in [2.45, 2.75) is 20.3 Å². The van der Waals surface area contributed by atoms with Crippen molar-refractivity contribution < 1.29 is 4.79 Å². The van der Waals surface area contributed by atoms with Crippen LogP contribution >= 0.6 is 11.8 Å². The van der Waals surface area contributed by atoms with E-state index in [-0.39, 0.29) is 5.24 Å². The zero-order chi connectivity index (χ0) is 7.56. The number of amides is 1. The van der Waals surface area contributed by atoms with Crippen LogP contribution in [0.3, 0.4) is 0 Å². The molecule has 1 heterocycles. The molecule has 0 atom stereocenters. The van der Waals surface area contributed by atoms with E-state index in [0.29, 0.717) is 0 Å². The lowest BCUT2D eigenvalue weighted by Gasteiger charge is -1.99. The molecule has 0 radical (unpaired) electrons. The molecule has 0 spiro atoms. The summed E-state index contributed by atoms with van der Waals surface area (Å²) in [6.45, 7) is 4.15. The zero-order valence-electron chi connectivity index (χ0n) is 6.23. The van der Waals surface area contributed by atoms with E-state index < -0.39 is 0 Å². The van der Waals surface area contributed by atoms with E-state index in [2.05, 4.69) is 19.2 Å². The molecule has 0 aliphatic carbocycles. The molecule has 1 aliphatic heterocycles. The number of allylic oxidation sites excluding steroid dienone is 1.